The lowest BCUT2D eigenvalue weighted by atomic mass is 10.3. The van der Waals surface area contributed by atoms with Gasteiger partial charge in [0.15, 0.2) is 5.75 Å². The Labute approximate surface area is 145 Å². The molecule has 5 N–H and O–H groups in total. The van der Waals surface area contributed by atoms with Crippen molar-refractivity contribution in [1.82, 2.24) is 0 Å². The van der Waals surface area contributed by atoms with Crippen molar-refractivity contribution < 1.29 is 18.3 Å². The van der Waals surface area contributed by atoms with Gasteiger partial charge in [0.2, 0.25) is 10.0 Å². The number of nitrogens with two attached hydrogens (primary N) is 1. The van der Waals surface area contributed by atoms with E-state index < -0.39 is 26.7 Å². The van der Waals surface area contributed by atoms with Crippen LogP contribution >= 0.6 is 27.5 Å². The first kappa shape index (κ1) is 17.5. The molecule has 0 aliphatic carbocycles. The van der Waals surface area contributed by atoms with Gasteiger partial charge in [0.1, 0.15) is 4.90 Å². The molecular formula is C13H11BrClN3O4S. The second-order valence-corrected chi connectivity index (χ2v) is 7.23. The van der Waals surface area contributed by atoms with E-state index in [2.05, 4.69) is 26.6 Å². The summed E-state index contributed by atoms with van der Waals surface area (Å²) in [6.45, 7) is 0. The maximum atomic E-state index is 11.9. The number of anilines is 2. The number of urea groups is 1. The molecule has 0 aliphatic heterocycles. The summed E-state index contributed by atoms with van der Waals surface area (Å²) in [5, 5.41) is 19.6. The van der Waals surface area contributed by atoms with Crippen molar-refractivity contribution in [1.29, 1.82) is 0 Å². The molecule has 0 heterocycles. The summed E-state index contributed by atoms with van der Waals surface area (Å²) >= 11 is 8.98. The van der Waals surface area contributed by atoms with E-state index >= 15 is 0 Å². The van der Waals surface area contributed by atoms with Gasteiger partial charge in [-0.2, -0.15) is 0 Å². The molecule has 23 heavy (non-hydrogen) atoms. The predicted molar refractivity (Wildman–Crippen MR) is 91.3 cm³/mol. The molecule has 0 bridgehead atoms. The average Bonchev–Trinajstić information content (AvgIpc) is 2.40. The molecule has 0 saturated carbocycles. The number of hydrogen-bond acceptors (Lipinski definition) is 4. The first-order chi connectivity index (χ1) is 10.7. The molecule has 0 fully saturated rings. The number of phenols is 1. The van der Waals surface area contributed by atoms with E-state index in [0.717, 1.165) is 4.47 Å². The van der Waals surface area contributed by atoms with Crippen molar-refractivity contribution >= 4 is 55.0 Å². The summed E-state index contributed by atoms with van der Waals surface area (Å²) in [5.41, 5.74) is 0.350. The van der Waals surface area contributed by atoms with Gasteiger partial charge in [-0.05, 0) is 30.3 Å². The number of nitrogens with one attached hydrogen (secondary N) is 2. The van der Waals surface area contributed by atoms with Crippen molar-refractivity contribution in [2.75, 3.05) is 10.6 Å². The van der Waals surface area contributed by atoms with Crippen molar-refractivity contribution in [3.63, 3.8) is 0 Å². The molecule has 7 nitrogen and oxygen atoms in total. The van der Waals surface area contributed by atoms with Crippen LogP contribution in [0, 0.1) is 0 Å². The fourth-order valence-corrected chi connectivity index (χ4v) is 3.36. The van der Waals surface area contributed by atoms with Crippen LogP contribution < -0.4 is 15.8 Å². The van der Waals surface area contributed by atoms with E-state index in [9.17, 15) is 18.3 Å². The Morgan fingerprint density at radius 2 is 1.91 bits per heavy atom. The van der Waals surface area contributed by atoms with Crippen molar-refractivity contribution in [2.24, 2.45) is 5.14 Å². The number of hydrogen-bond donors (Lipinski definition) is 4. The van der Waals surface area contributed by atoms with Crippen LogP contribution in [0.4, 0.5) is 16.2 Å². The van der Waals surface area contributed by atoms with Crippen molar-refractivity contribution in [3.05, 3.63) is 45.9 Å². The predicted octanol–water partition coefficient (Wildman–Crippen LogP) is 3.10. The summed E-state index contributed by atoms with van der Waals surface area (Å²) in [4.78, 5) is 11.3. The lowest BCUT2D eigenvalue weighted by Crippen LogP contribution is -2.20. The van der Waals surface area contributed by atoms with Crippen LogP contribution in [-0.4, -0.2) is 19.6 Å². The van der Waals surface area contributed by atoms with Gasteiger partial charge < -0.3 is 15.7 Å². The van der Waals surface area contributed by atoms with Gasteiger partial charge in [-0.3, -0.25) is 0 Å². The topological polar surface area (TPSA) is 122 Å². The van der Waals surface area contributed by atoms with Gasteiger partial charge in [0, 0.05) is 10.2 Å². The van der Waals surface area contributed by atoms with E-state index in [4.69, 9.17) is 16.7 Å². The number of benzene rings is 2. The fraction of sp³-hybridized carbons (Fsp3) is 0. The lowest BCUT2D eigenvalue weighted by Gasteiger charge is -2.12. The third kappa shape index (κ3) is 4.35. The van der Waals surface area contributed by atoms with Gasteiger partial charge in [0.05, 0.1) is 10.7 Å². The normalized spacial score (nSPS) is 11.1. The van der Waals surface area contributed by atoms with E-state index in [1.165, 1.54) is 12.1 Å². The monoisotopic (exact) mass is 419 g/mol. The zero-order valence-electron chi connectivity index (χ0n) is 11.4. The molecular weight excluding hydrogens is 410 g/mol. The standard InChI is InChI=1S/C13H11BrClN3O4S/c14-7-2-1-3-8(6-7)17-13(20)18-10-5-4-9(15)12(11(10)19)23(16,21)22/h1-6,19H,(H2,16,21,22)(H2,17,18,20). The maximum Gasteiger partial charge on any atom is 0.323 e. The minimum absolute atomic E-state index is 0.147. The number of halogens is 2. The quantitative estimate of drug-likeness (QED) is 0.570. The summed E-state index contributed by atoms with van der Waals surface area (Å²) in [7, 11) is -4.25. The van der Waals surface area contributed by atoms with Gasteiger partial charge >= 0.3 is 6.03 Å². The third-order valence-corrected chi connectivity index (χ3v) is 4.60. The molecule has 122 valence electrons. The summed E-state index contributed by atoms with van der Waals surface area (Å²) in [5.74, 6) is -0.732. The number of sulfonamides is 1. The first-order valence-electron chi connectivity index (χ1n) is 6.06. The highest BCUT2D eigenvalue weighted by Gasteiger charge is 2.22. The highest BCUT2D eigenvalue weighted by Crippen LogP contribution is 2.36. The zero-order chi connectivity index (χ0) is 17.2. The Bertz CT molecular complexity index is 874. The van der Waals surface area contributed by atoms with Crippen LogP contribution in [0.15, 0.2) is 45.8 Å². The lowest BCUT2D eigenvalue weighted by molar-refractivity contribution is 0.262. The molecule has 0 atom stereocenters. The van der Waals surface area contributed by atoms with E-state index in [0.29, 0.717) is 5.69 Å². The second kappa shape index (κ2) is 6.75. The number of aromatic hydroxyl groups is 1. The SMILES string of the molecule is NS(=O)(=O)c1c(Cl)ccc(NC(=O)Nc2cccc(Br)c2)c1O. The minimum Gasteiger partial charge on any atom is -0.504 e. The van der Waals surface area contributed by atoms with E-state index in [1.54, 1.807) is 24.3 Å². The molecule has 2 aromatic carbocycles. The molecule has 2 aromatic rings. The summed E-state index contributed by atoms with van der Waals surface area (Å²) in [6.07, 6.45) is 0. The molecule has 0 saturated heterocycles. The second-order valence-electron chi connectivity index (χ2n) is 4.41. The molecule has 0 aromatic heterocycles. The van der Waals surface area contributed by atoms with Crippen LogP contribution in [0.2, 0.25) is 5.02 Å². The third-order valence-electron chi connectivity index (χ3n) is 2.70. The van der Waals surface area contributed by atoms with Crippen LogP contribution in [0.25, 0.3) is 0 Å². The van der Waals surface area contributed by atoms with Crippen LogP contribution in [0.5, 0.6) is 5.75 Å². The Balaban J connectivity index is 2.25. The minimum atomic E-state index is -4.25. The average molecular weight is 421 g/mol. The number of carbonyl (C=O) groups is 1. The Morgan fingerprint density at radius 3 is 2.52 bits per heavy atom. The highest BCUT2D eigenvalue weighted by atomic mass is 79.9. The molecule has 0 aliphatic rings. The van der Waals surface area contributed by atoms with E-state index in [-0.39, 0.29) is 10.7 Å². The number of rotatable bonds is 3. The molecule has 0 radical (unpaired) electrons. The smallest absolute Gasteiger partial charge is 0.323 e. The molecule has 0 unspecified atom stereocenters. The molecule has 0 spiro atoms. The number of carbonyl (C=O) groups excluding carboxylic acids is 1. The largest absolute Gasteiger partial charge is 0.504 e. The fourth-order valence-electron chi connectivity index (χ4n) is 1.77. The zero-order valence-corrected chi connectivity index (χ0v) is 14.5. The van der Waals surface area contributed by atoms with Crippen molar-refractivity contribution in [3.8, 4) is 5.75 Å². The van der Waals surface area contributed by atoms with Gasteiger partial charge in [-0.1, -0.05) is 33.6 Å². The van der Waals surface area contributed by atoms with Crippen LogP contribution in [0.1, 0.15) is 0 Å². The van der Waals surface area contributed by atoms with Gasteiger partial charge in [-0.15, -0.1) is 0 Å². The van der Waals surface area contributed by atoms with E-state index in [1.807, 2.05) is 0 Å². The Kier molecular flexibility index (Phi) is 5.15. The first-order valence-corrected chi connectivity index (χ1v) is 8.78. The maximum absolute atomic E-state index is 11.9. The van der Waals surface area contributed by atoms with Gasteiger partial charge in [0.25, 0.3) is 0 Å². The highest BCUT2D eigenvalue weighted by molar-refractivity contribution is 9.10. The van der Waals surface area contributed by atoms with Crippen molar-refractivity contribution in [2.45, 2.75) is 4.90 Å². The Morgan fingerprint density at radius 1 is 1.22 bits per heavy atom. The van der Waals surface area contributed by atoms with Crippen LogP contribution in [-0.2, 0) is 10.0 Å². The molecule has 2 amide bonds. The van der Waals surface area contributed by atoms with Gasteiger partial charge in [-0.25, -0.2) is 18.4 Å². The number of phenolic OH excluding ortho intramolecular Hbond substituents is 1. The number of primary sulfonamides is 1. The van der Waals surface area contributed by atoms with Crippen LogP contribution in [0.3, 0.4) is 0 Å². The Hall–Kier alpha value is -1.81. The number of amides is 2. The molecule has 10 heteroatoms. The summed E-state index contributed by atoms with van der Waals surface area (Å²) in [6, 6.07) is 8.60. The molecule has 2 rings (SSSR count). The summed E-state index contributed by atoms with van der Waals surface area (Å²) < 4.78 is 23.6.